The number of hydrogen-bond acceptors (Lipinski definition) is 2. The molecule has 0 spiro atoms. The Morgan fingerprint density at radius 1 is 1.05 bits per heavy atom. The monoisotopic (exact) mass is 272 g/mol. The molecule has 1 fully saturated rings. The van der Waals surface area contributed by atoms with Crippen LogP contribution in [0.15, 0.2) is 18.2 Å². The number of benzene rings is 1. The molecular formula is C18H28N2. The van der Waals surface area contributed by atoms with Crippen molar-refractivity contribution in [1.82, 2.24) is 10.2 Å². The molecule has 2 aliphatic heterocycles. The van der Waals surface area contributed by atoms with Gasteiger partial charge in [-0.3, -0.25) is 4.90 Å². The molecule has 2 heterocycles. The van der Waals surface area contributed by atoms with Crippen molar-refractivity contribution in [2.45, 2.75) is 59.2 Å². The van der Waals surface area contributed by atoms with E-state index in [1.807, 2.05) is 0 Å². The lowest BCUT2D eigenvalue weighted by Crippen LogP contribution is -2.55. The fourth-order valence-corrected chi connectivity index (χ4v) is 4.22. The van der Waals surface area contributed by atoms with Gasteiger partial charge < -0.3 is 5.32 Å². The van der Waals surface area contributed by atoms with E-state index in [-0.39, 0.29) is 0 Å². The van der Waals surface area contributed by atoms with Crippen LogP contribution in [0.25, 0.3) is 0 Å². The first kappa shape index (κ1) is 14.1. The molecule has 3 rings (SSSR count). The van der Waals surface area contributed by atoms with Crippen molar-refractivity contribution in [1.29, 1.82) is 0 Å². The van der Waals surface area contributed by atoms with E-state index in [0.717, 1.165) is 19.6 Å². The van der Waals surface area contributed by atoms with Crippen molar-refractivity contribution < 1.29 is 0 Å². The van der Waals surface area contributed by atoms with Gasteiger partial charge in [0.15, 0.2) is 0 Å². The number of nitrogens with one attached hydrogen (secondary N) is 1. The molecule has 20 heavy (non-hydrogen) atoms. The molecule has 0 aliphatic carbocycles. The van der Waals surface area contributed by atoms with E-state index in [1.165, 1.54) is 55.5 Å². The maximum atomic E-state index is 3.43. The molecule has 0 amide bonds. The normalized spacial score (nSPS) is 20.7. The summed E-state index contributed by atoms with van der Waals surface area (Å²) in [7, 11) is 0. The summed E-state index contributed by atoms with van der Waals surface area (Å²) in [6.45, 7) is 10.5. The van der Waals surface area contributed by atoms with Crippen LogP contribution in [-0.4, -0.2) is 18.0 Å². The topological polar surface area (TPSA) is 15.3 Å². The summed E-state index contributed by atoms with van der Waals surface area (Å²) in [4.78, 5) is 2.63. The van der Waals surface area contributed by atoms with Crippen LogP contribution >= 0.6 is 0 Å². The smallest absolute Gasteiger partial charge is 0.0234 e. The summed E-state index contributed by atoms with van der Waals surface area (Å²) in [5, 5.41) is 3.43. The van der Waals surface area contributed by atoms with Gasteiger partial charge in [0.2, 0.25) is 0 Å². The van der Waals surface area contributed by atoms with E-state index in [2.05, 4.69) is 42.3 Å². The second-order valence-corrected chi connectivity index (χ2v) is 6.85. The van der Waals surface area contributed by atoms with Gasteiger partial charge in [-0.15, -0.1) is 0 Å². The van der Waals surface area contributed by atoms with E-state index >= 15 is 0 Å². The molecule has 2 nitrogen and oxygen atoms in total. The van der Waals surface area contributed by atoms with Crippen LogP contribution in [-0.2, 0) is 19.6 Å². The average molecular weight is 272 g/mol. The molecule has 0 unspecified atom stereocenters. The van der Waals surface area contributed by atoms with Crippen molar-refractivity contribution in [2.24, 2.45) is 5.41 Å². The lowest BCUT2D eigenvalue weighted by molar-refractivity contribution is -0.0203. The van der Waals surface area contributed by atoms with Crippen LogP contribution in [0.4, 0.5) is 0 Å². The molecule has 0 radical (unpaired) electrons. The zero-order chi connectivity index (χ0) is 14.0. The molecule has 0 atom stereocenters. The predicted molar refractivity (Wildman–Crippen MR) is 84.5 cm³/mol. The third-order valence-electron chi connectivity index (χ3n) is 4.99. The summed E-state index contributed by atoms with van der Waals surface area (Å²) in [6, 6.07) is 7.05. The molecule has 2 aliphatic rings. The largest absolute Gasteiger partial charge is 0.309 e. The van der Waals surface area contributed by atoms with Gasteiger partial charge in [0.05, 0.1) is 0 Å². The highest BCUT2D eigenvalue weighted by atomic mass is 15.2. The Labute approximate surface area is 123 Å². The number of nitrogens with zero attached hydrogens (tertiary/aromatic N) is 1. The average Bonchev–Trinajstić information content (AvgIpc) is 2.84. The molecule has 0 aromatic heterocycles. The van der Waals surface area contributed by atoms with E-state index in [4.69, 9.17) is 0 Å². The van der Waals surface area contributed by atoms with E-state index in [1.54, 1.807) is 0 Å². The summed E-state index contributed by atoms with van der Waals surface area (Å²) in [5.41, 5.74) is 5.14. The summed E-state index contributed by atoms with van der Waals surface area (Å²) >= 11 is 0. The number of fused-ring (bicyclic) bond motifs is 1. The highest BCUT2D eigenvalue weighted by molar-refractivity contribution is 5.34. The first-order valence-corrected chi connectivity index (χ1v) is 8.28. The first-order chi connectivity index (χ1) is 9.74. The zero-order valence-corrected chi connectivity index (χ0v) is 13.0. The minimum absolute atomic E-state index is 0.641. The Balaban J connectivity index is 1.58. The summed E-state index contributed by atoms with van der Waals surface area (Å²) < 4.78 is 0. The molecule has 2 heteroatoms. The number of likely N-dealkylation sites (tertiary alicyclic amines) is 1. The maximum absolute atomic E-state index is 3.43. The zero-order valence-electron chi connectivity index (χ0n) is 13.0. The third-order valence-corrected chi connectivity index (χ3v) is 4.99. The van der Waals surface area contributed by atoms with Gasteiger partial charge in [0.1, 0.15) is 0 Å². The quantitative estimate of drug-likeness (QED) is 0.849. The van der Waals surface area contributed by atoms with Crippen LogP contribution < -0.4 is 5.32 Å². The molecule has 1 N–H and O–H groups in total. The van der Waals surface area contributed by atoms with Crippen molar-refractivity contribution in [3.8, 4) is 0 Å². The SMILES string of the molecule is CCCC1(CCC)CN(Cc2ccc3c(c2)CNC3)C1. The van der Waals surface area contributed by atoms with Gasteiger partial charge in [-0.2, -0.15) is 0 Å². The van der Waals surface area contributed by atoms with Gasteiger partial charge in [-0.1, -0.05) is 44.9 Å². The van der Waals surface area contributed by atoms with Crippen molar-refractivity contribution in [3.05, 3.63) is 34.9 Å². The minimum atomic E-state index is 0.641. The standard InChI is InChI=1S/C18H28N2/c1-3-7-18(8-4-2)13-20(14-18)12-15-5-6-16-10-19-11-17(16)9-15/h5-6,9,19H,3-4,7-8,10-14H2,1-2H3. The van der Waals surface area contributed by atoms with Crippen molar-refractivity contribution in [3.63, 3.8) is 0 Å². The third kappa shape index (κ3) is 2.77. The fraction of sp³-hybridized carbons (Fsp3) is 0.667. The van der Waals surface area contributed by atoms with Crippen LogP contribution in [0, 0.1) is 5.41 Å². The summed E-state index contributed by atoms with van der Waals surface area (Å²) in [6.07, 6.45) is 5.48. The van der Waals surface area contributed by atoms with E-state index < -0.39 is 0 Å². The second kappa shape index (κ2) is 5.87. The Kier molecular flexibility index (Phi) is 4.13. The van der Waals surface area contributed by atoms with Crippen LogP contribution in [0.1, 0.15) is 56.2 Å². The van der Waals surface area contributed by atoms with Crippen LogP contribution in [0.5, 0.6) is 0 Å². The van der Waals surface area contributed by atoms with Gasteiger partial charge >= 0.3 is 0 Å². The van der Waals surface area contributed by atoms with Crippen molar-refractivity contribution >= 4 is 0 Å². The van der Waals surface area contributed by atoms with Gasteiger partial charge in [-0.25, -0.2) is 0 Å². The molecular weight excluding hydrogens is 244 g/mol. The van der Waals surface area contributed by atoms with Gasteiger partial charge in [0, 0.05) is 32.7 Å². The fourth-order valence-electron chi connectivity index (χ4n) is 4.22. The molecule has 1 saturated heterocycles. The van der Waals surface area contributed by atoms with Crippen molar-refractivity contribution in [2.75, 3.05) is 13.1 Å². The van der Waals surface area contributed by atoms with Crippen LogP contribution in [0.2, 0.25) is 0 Å². The first-order valence-electron chi connectivity index (χ1n) is 8.28. The highest BCUT2D eigenvalue weighted by Gasteiger charge is 2.40. The highest BCUT2D eigenvalue weighted by Crippen LogP contribution is 2.40. The Hall–Kier alpha value is -0.860. The Morgan fingerprint density at radius 2 is 1.75 bits per heavy atom. The van der Waals surface area contributed by atoms with Gasteiger partial charge in [0.25, 0.3) is 0 Å². The molecule has 110 valence electrons. The Morgan fingerprint density at radius 3 is 2.45 bits per heavy atom. The molecule has 0 saturated carbocycles. The van der Waals surface area contributed by atoms with E-state index in [0.29, 0.717) is 5.41 Å². The maximum Gasteiger partial charge on any atom is 0.0234 e. The Bertz CT molecular complexity index is 452. The van der Waals surface area contributed by atoms with Crippen LogP contribution in [0.3, 0.4) is 0 Å². The van der Waals surface area contributed by atoms with Gasteiger partial charge in [-0.05, 0) is 34.9 Å². The second-order valence-electron chi connectivity index (χ2n) is 6.85. The lowest BCUT2D eigenvalue weighted by atomic mass is 9.72. The van der Waals surface area contributed by atoms with E-state index in [9.17, 15) is 0 Å². The lowest BCUT2D eigenvalue weighted by Gasteiger charge is -2.51. The number of rotatable bonds is 6. The summed E-state index contributed by atoms with van der Waals surface area (Å²) in [5.74, 6) is 0. The molecule has 1 aromatic rings. The molecule has 0 bridgehead atoms. The number of hydrogen-bond donors (Lipinski definition) is 1. The predicted octanol–water partition coefficient (Wildman–Crippen LogP) is 3.69. The minimum Gasteiger partial charge on any atom is -0.309 e. The molecule has 1 aromatic carbocycles.